The molecule has 1 aromatic heterocycles. The fourth-order valence-electron chi connectivity index (χ4n) is 3.17. The number of aromatic nitrogens is 1. The highest BCUT2D eigenvalue weighted by atomic mass is 35.5. The van der Waals surface area contributed by atoms with E-state index in [-0.39, 0.29) is 23.5 Å². The predicted molar refractivity (Wildman–Crippen MR) is 111 cm³/mol. The van der Waals surface area contributed by atoms with Gasteiger partial charge in [0.2, 0.25) is 5.91 Å². The molecule has 2 aromatic rings. The highest BCUT2D eigenvalue weighted by Gasteiger charge is 2.23. The molecule has 0 saturated carbocycles. The molecule has 0 bridgehead atoms. The van der Waals surface area contributed by atoms with Gasteiger partial charge in [0.15, 0.2) is 5.15 Å². The molecule has 6 nitrogen and oxygen atoms in total. The SMILES string of the molecule is CC(C)c1ccc(C(=O)N2CCN(CC(=O)Nc3cccnc3Cl)CC2)cc1. The summed E-state index contributed by atoms with van der Waals surface area (Å²) in [6, 6.07) is 11.3. The third-order valence-electron chi connectivity index (χ3n) is 4.88. The van der Waals surface area contributed by atoms with Crippen molar-refractivity contribution in [2.45, 2.75) is 19.8 Å². The summed E-state index contributed by atoms with van der Waals surface area (Å²) in [7, 11) is 0. The Bertz CT molecular complexity index is 831. The van der Waals surface area contributed by atoms with E-state index in [0.717, 1.165) is 0 Å². The normalized spacial score (nSPS) is 14.9. The smallest absolute Gasteiger partial charge is 0.253 e. The first kappa shape index (κ1) is 20.3. The van der Waals surface area contributed by atoms with Gasteiger partial charge >= 0.3 is 0 Å². The van der Waals surface area contributed by atoms with Gasteiger partial charge in [-0.3, -0.25) is 14.5 Å². The van der Waals surface area contributed by atoms with E-state index in [0.29, 0.717) is 43.3 Å². The van der Waals surface area contributed by atoms with Crippen LogP contribution in [0.5, 0.6) is 0 Å². The van der Waals surface area contributed by atoms with Crippen LogP contribution in [0.25, 0.3) is 0 Å². The number of rotatable bonds is 5. The van der Waals surface area contributed by atoms with Crippen LogP contribution in [0.1, 0.15) is 35.7 Å². The van der Waals surface area contributed by atoms with Crippen LogP contribution >= 0.6 is 11.6 Å². The Labute approximate surface area is 170 Å². The van der Waals surface area contributed by atoms with Gasteiger partial charge in [-0.15, -0.1) is 0 Å². The van der Waals surface area contributed by atoms with Gasteiger partial charge in [0.1, 0.15) is 0 Å². The van der Waals surface area contributed by atoms with Gasteiger partial charge in [-0.25, -0.2) is 4.98 Å². The second-order valence-electron chi connectivity index (χ2n) is 7.24. The van der Waals surface area contributed by atoms with Crippen molar-refractivity contribution >= 4 is 29.1 Å². The Balaban J connectivity index is 1.49. The quantitative estimate of drug-likeness (QED) is 0.782. The first-order valence-electron chi connectivity index (χ1n) is 9.46. The molecule has 28 heavy (non-hydrogen) atoms. The maximum Gasteiger partial charge on any atom is 0.253 e. The molecule has 148 valence electrons. The second kappa shape index (κ2) is 9.17. The second-order valence-corrected chi connectivity index (χ2v) is 7.59. The lowest BCUT2D eigenvalue weighted by atomic mass is 10.0. The summed E-state index contributed by atoms with van der Waals surface area (Å²) in [6.45, 7) is 7.05. The summed E-state index contributed by atoms with van der Waals surface area (Å²) >= 11 is 5.97. The minimum Gasteiger partial charge on any atom is -0.336 e. The lowest BCUT2D eigenvalue weighted by molar-refractivity contribution is -0.117. The maximum atomic E-state index is 12.7. The molecule has 0 unspecified atom stereocenters. The van der Waals surface area contributed by atoms with E-state index in [1.165, 1.54) is 5.56 Å². The number of carbonyl (C=O) groups is 2. The molecule has 3 rings (SSSR count). The van der Waals surface area contributed by atoms with E-state index in [1.54, 1.807) is 18.3 Å². The van der Waals surface area contributed by atoms with Crippen molar-refractivity contribution in [3.8, 4) is 0 Å². The van der Waals surface area contributed by atoms with Gasteiger partial charge < -0.3 is 10.2 Å². The number of nitrogens with zero attached hydrogens (tertiary/aromatic N) is 3. The Morgan fingerprint density at radius 2 is 1.79 bits per heavy atom. The van der Waals surface area contributed by atoms with E-state index in [4.69, 9.17) is 11.6 Å². The number of nitrogens with one attached hydrogen (secondary N) is 1. The van der Waals surface area contributed by atoms with Gasteiger partial charge in [-0.1, -0.05) is 37.6 Å². The highest BCUT2D eigenvalue weighted by molar-refractivity contribution is 6.32. The number of piperazine rings is 1. The van der Waals surface area contributed by atoms with Crippen LogP contribution in [0.4, 0.5) is 5.69 Å². The molecular formula is C21H25ClN4O2. The Hall–Kier alpha value is -2.44. The molecule has 0 spiro atoms. The van der Waals surface area contributed by atoms with Gasteiger partial charge in [0.25, 0.3) is 5.91 Å². The van der Waals surface area contributed by atoms with E-state index in [2.05, 4.69) is 24.1 Å². The Kier molecular flexibility index (Phi) is 6.65. The van der Waals surface area contributed by atoms with Crippen LogP contribution in [-0.2, 0) is 4.79 Å². The molecule has 0 aliphatic carbocycles. The number of benzene rings is 1. The summed E-state index contributed by atoms with van der Waals surface area (Å²) in [5.41, 5.74) is 2.44. The average molecular weight is 401 g/mol. The predicted octanol–water partition coefficient (Wildman–Crippen LogP) is 3.25. The monoisotopic (exact) mass is 400 g/mol. The van der Waals surface area contributed by atoms with Crippen molar-refractivity contribution in [3.63, 3.8) is 0 Å². The van der Waals surface area contributed by atoms with Gasteiger partial charge in [-0.05, 0) is 35.7 Å². The summed E-state index contributed by atoms with van der Waals surface area (Å²) in [5, 5.41) is 3.05. The number of anilines is 1. The fraction of sp³-hybridized carbons (Fsp3) is 0.381. The number of halogens is 1. The van der Waals surface area contributed by atoms with Crippen molar-refractivity contribution in [1.29, 1.82) is 0 Å². The molecule has 0 radical (unpaired) electrons. The Morgan fingerprint density at radius 3 is 2.39 bits per heavy atom. The van der Waals surface area contributed by atoms with Crippen molar-refractivity contribution in [2.75, 3.05) is 38.0 Å². The molecule has 1 fully saturated rings. The zero-order valence-corrected chi connectivity index (χ0v) is 16.9. The number of hydrogen-bond acceptors (Lipinski definition) is 4. The molecule has 2 heterocycles. The van der Waals surface area contributed by atoms with Crippen molar-refractivity contribution in [3.05, 3.63) is 58.9 Å². The molecule has 1 aromatic carbocycles. The summed E-state index contributed by atoms with van der Waals surface area (Å²) < 4.78 is 0. The average Bonchev–Trinajstić information content (AvgIpc) is 2.70. The third kappa shape index (κ3) is 5.09. The van der Waals surface area contributed by atoms with Crippen LogP contribution in [0.3, 0.4) is 0 Å². The van der Waals surface area contributed by atoms with Crippen LogP contribution < -0.4 is 5.32 Å². The molecule has 2 amide bonds. The Morgan fingerprint density at radius 1 is 1.11 bits per heavy atom. The van der Waals surface area contributed by atoms with Crippen LogP contribution in [0.15, 0.2) is 42.6 Å². The lowest BCUT2D eigenvalue weighted by Crippen LogP contribution is -2.50. The van der Waals surface area contributed by atoms with Gasteiger partial charge in [0.05, 0.1) is 12.2 Å². The van der Waals surface area contributed by atoms with Gasteiger partial charge in [-0.2, -0.15) is 0 Å². The molecule has 7 heteroatoms. The first-order valence-corrected chi connectivity index (χ1v) is 9.84. The first-order chi connectivity index (χ1) is 13.4. The third-order valence-corrected chi connectivity index (χ3v) is 5.19. The fourth-order valence-corrected chi connectivity index (χ4v) is 3.34. The standard InChI is InChI=1S/C21H25ClN4O2/c1-15(2)16-5-7-17(8-6-16)21(28)26-12-10-25(11-13-26)14-19(27)24-18-4-3-9-23-20(18)22/h3-9,15H,10-14H2,1-2H3,(H,24,27). The van der Waals surface area contributed by atoms with Crippen molar-refractivity contribution < 1.29 is 9.59 Å². The molecule has 1 saturated heterocycles. The zero-order chi connectivity index (χ0) is 20.1. The van der Waals surface area contributed by atoms with Crippen LogP contribution in [0.2, 0.25) is 5.15 Å². The molecular weight excluding hydrogens is 376 g/mol. The molecule has 1 aliphatic rings. The lowest BCUT2D eigenvalue weighted by Gasteiger charge is -2.34. The zero-order valence-electron chi connectivity index (χ0n) is 16.2. The van der Waals surface area contributed by atoms with Crippen molar-refractivity contribution in [1.82, 2.24) is 14.8 Å². The summed E-state index contributed by atoms with van der Waals surface area (Å²) in [6.07, 6.45) is 1.57. The number of pyridine rings is 1. The number of carbonyl (C=O) groups excluding carboxylic acids is 2. The largest absolute Gasteiger partial charge is 0.336 e. The van der Waals surface area contributed by atoms with E-state index >= 15 is 0 Å². The maximum absolute atomic E-state index is 12.7. The van der Waals surface area contributed by atoms with Gasteiger partial charge in [0, 0.05) is 37.9 Å². The minimum absolute atomic E-state index is 0.0431. The van der Waals surface area contributed by atoms with E-state index < -0.39 is 0 Å². The summed E-state index contributed by atoms with van der Waals surface area (Å²) in [4.78, 5) is 32.8. The van der Waals surface area contributed by atoms with Crippen LogP contribution in [-0.4, -0.2) is 59.3 Å². The van der Waals surface area contributed by atoms with Crippen LogP contribution in [0, 0.1) is 0 Å². The minimum atomic E-state index is -0.140. The van der Waals surface area contributed by atoms with E-state index in [9.17, 15) is 9.59 Å². The molecule has 0 atom stereocenters. The number of amides is 2. The number of hydrogen-bond donors (Lipinski definition) is 1. The summed E-state index contributed by atoms with van der Waals surface area (Å²) in [5.74, 6) is 0.348. The van der Waals surface area contributed by atoms with Crippen molar-refractivity contribution in [2.24, 2.45) is 0 Å². The molecule has 1 aliphatic heterocycles. The molecule has 1 N–H and O–H groups in total. The van der Waals surface area contributed by atoms with E-state index in [1.807, 2.05) is 34.1 Å². The topological polar surface area (TPSA) is 65.5 Å². The highest BCUT2D eigenvalue weighted by Crippen LogP contribution is 2.18.